The van der Waals surface area contributed by atoms with Crippen LogP contribution in [-0.2, 0) is 4.84 Å². The lowest BCUT2D eigenvalue weighted by Gasteiger charge is -2.03. The molecule has 0 bridgehead atoms. The van der Waals surface area contributed by atoms with Crippen LogP contribution in [0.3, 0.4) is 0 Å². The van der Waals surface area contributed by atoms with Gasteiger partial charge in [0, 0.05) is 0 Å². The van der Waals surface area contributed by atoms with Crippen LogP contribution in [0.15, 0.2) is 5.16 Å². The fraction of sp³-hybridized carbons (Fsp3) is 0.889. The number of hydrogen-bond acceptors (Lipinski definition) is 2. The molecule has 0 radical (unpaired) electrons. The summed E-state index contributed by atoms with van der Waals surface area (Å²) >= 11 is 0. The number of fused-ring (bicyclic) bond motifs is 1. The Labute approximate surface area is 67.6 Å². The van der Waals surface area contributed by atoms with Gasteiger partial charge < -0.3 is 4.84 Å². The predicted molar refractivity (Wildman–Crippen MR) is 44.5 cm³/mol. The summed E-state index contributed by atoms with van der Waals surface area (Å²) in [6.45, 7) is 0. The molecule has 2 aliphatic carbocycles. The topological polar surface area (TPSA) is 21.6 Å². The van der Waals surface area contributed by atoms with Crippen molar-refractivity contribution in [3.8, 4) is 0 Å². The third kappa shape index (κ3) is 1.26. The van der Waals surface area contributed by atoms with Gasteiger partial charge in [-0.05, 0) is 37.5 Å². The first-order chi connectivity index (χ1) is 5.40. The molecule has 0 saturated heterocycles. The standard InChI is InChI=1S/C9H15NO/c1-11-10-9-5-7-3-2-4-8(7)6-9/h7-8H,2-6H2,1H3/t7-,8+. The van der Waals surface area contributed by atoms with Crippen LogP contribution in [0.2, 0.25) is 0 Å². The largest absolute Gasteiger partial charge is 0.399 e. The molecule has 0 unspecified atom stereocenters. The molecule has 2 saturated carbocycles. The van der Waals surface area contributed by atoms with Gasteiger partial charge in [0.05, 0.1) is 5.71 Å². The van der Waals surface area contributed by atoms with Crippen molar-refractivity contribution in [3.63, 3.8) is 0 Å². The van der Waals surface area contributed by atoms with E-state index in [1.165, 1.54) is 37.8 Å². The van der Waals surface area contributed by atoms with Crippen LogP contribution in [-0.4, -0.2) is 12.8 Å². The summed E-state index contributed by atoms with van der Waals surface area (Å²) in [4.78, 5) is 4.78. The second-order valence-corrected chi connectivity index (χ2v) is 3.70. The van der Waals surface area contributed by atoms with Crippen molar-refractivity contribution >= 4 is 5.71 Å². The highest BCUT2D eigenvalue weighted by Gasteiger charge is 2.35. The maximum atomic E-state index is 4.78. The van der Waals surface area contributed by atoms with Crippen molar-refractivity contribution in [1.82, 2.24) is 0 Å². The quantitative estimate of drug-likeness (QED) is 0.529. The zero-order valence-corrected chi connectivity index (χ0v) is 7.05. The number of rotatable bonds is 1. The fourth-order valence-electron chi connectivity index (χ4n) is 2.54. The van der Waals surface area contributed by atoms with E-state index in [9.17, 15) is 0 Å². The molecule has 11 heavy (non-hydrogen) atoms. The molecule has 2 rings (SSSR count). The van der Waals surface area contributed by atoms with Crippen molar-refractivity contribution in [3.05, 3.63) is 0 Å². The van der Waals surface area contributed by atoms with Gasteiger partial charge in [0.2, 0.25) is 0 Å². The van der Waals surface area contributed by atoms with Gasteiger partial charge in [-0.25, -0.2) is 0 Å². The molecule has 2 nitrogen and oxygen atoms in total. The minimum Gasteiger partial charge on any atom is -0.399 e. The zero-order chi connectivity index (χ0) is 7.68. The minimum atomic E-state index is 0.948. The molecular formula is C9H15NO. The molecule has 0 heterocycles. The Morgan fingerprint density at radius 2 is 1.91 bits per heavy atom. The van der Waals surface area contributed by atoms with Gasteiger partial charge in [0.1, 0.15) is 7.11 Å². The van der Waals surface area contributed by atoms with Gasteiger partial charge >= 0.3 is 0 Å². The summed E-state index contributed by atoms with van der Waals surface area (Å²) in [6, 6.07) is 0. The van der Waals surface area contributed by atoms with Crippen molar-refractivity contribution in [1.29, 1.82) is 0 Å². The molecule has 0 amide bonds. The first-order valence-electron chi connectivity index (χ1n) is 4.49. The average Bonchev–Trinajstić information content (AvgIpc) is 2.46. The third-order valence-electron chi connectivity index (χ3n) is 3.03. The van der Waals surface area contributed by atoms with Gasteiger partial charge in [0.15, 0.2) is 0 Å². The van der Waals surface area contributed by atoms with Crippen molar-refractivity contribution < 1.29 is 4.84 Å². The van der Waals surface area contributed by atoms with Crippen LogP contribution < -0.4 is 0 Å². The Morgan fingerprint density at radius 3 is 2.45 bits per heavy atom. The maximum Gasteiger partial charge on any atom is 0.106 e. The lowest BCUT2D eigenvalue weighted by Crippen LogP contribution is -1.95. The molecule has 62 valence electrons. The zero-order valence-electron chi connectivity index (χ0n) is 7.05. The highest BCUT2D eigenvalue weighted by atomic mass is 16.6. The Bertz CT molecular complexity index is 162. The van der Waals surface area contributed by atoms with Crippen LogP contribution in [0.25, 0.3) is 0 Å². The average molecular weight is 153 g/mol. The molecule has 2 heteroatoms. The fourth-order valence-corrected chi connectivity index (χ4v) is 2.54. The van der Waals surface area contributed by atoms with Crippen LogP contribution in [0.5, 0.6) is 0 Å². The van der Waals surface area contributed by atoms with E-state index in [2.05, 4.69) is 5.16 Å². The predicted octanol–water partition coefficient (Wildman–Crippen LogP) is 2.20. The second-order valence-electron chi connectivity index (χ2n) is 3.70. The SMILES string of the molecule is CON=C1C[C@H]2CCC[C@H]2C1. The van der Waals surface area contributed by atoms with Crippen LogP contribution in [0.4, 0.5) is 0 Å². The molecule has 0 aromatic heterocycles. The number of hydrogen-bond donors (Lipinski definition) is 0. The van der Waals surface area contributed by atoms with Gasteiger partial charge in [-0.15, -0.1) is 0 Å². The van der Waals surface area contributed by atoms with Crippen molar-refractivity contribution in [2.45, 2.75) is 32.1 Å². The van der Waals surface area contributed by atoms with E-state index < -0.39 is 0 Å². The van der Waals surface area contributed by atoms with Crippen LogP contribution >= 0.6 is 0 Å². The third-order valence-corrected chi connectivity index (χ3v) is 3.03. The molecule has 2 aliphatic rings. The van der Waals surface area contributed by atoms with Gasteiger partial charge in [-0.3, -0.25) is 0 Å². The molecule has 2 atom stereocenters. The van der Waals surface area contributed by atoms with Crippen LogP contribution in [0, 0.1) is 11.8 Å². The number of nitrogens with zero attached hydrogens (tertiary/aromatic N) is 1. The summed E-state index contributed by atoms with van der Waals surface area (Å²) in [5, 5.41) is 4.02. The van der Waals surface area contributed by atoms with E-state index in [0.717, 1.165) is 11.8 Å². The molecule has 0 aromatic rings. The Hall–Kier alpha value is -0.530. The summed E-state index contributed by atoms with van der Waals surface area (Å²) in [5.41, 5.74) is 1.29. The van der Waals surface area contributed by atoms with E-state index in [0.29, 0.717) is 0 Å². The Morgan fingerprint density at radius 1 is 1.27 bits per heavy atom. The van der Waals surface area contributed by atoms with Crippen molar-refractivity contribution in [2.24, 2.45) is 17.0 Å². The van der Waals surface area contributed by atoms with Gasteiger partial charge in [0.25, 0.3) is 0 Å². The van der Waals surface area contributed by atoms with E-state index in [1.807, 2.05) is 0 Å². The maximum absolute atomic E-state index is 4.78. The second kappa shape index (κ2) is 2.84. The molecule has 2 fully saturated rings. The molecular weight excluding hydrogens is 138 g/mol. The molecule has 0 N–H and O–H groups in total. The minimum absolute atomic E-state index is 0.948. The summed E-state index contributed by atoms with van der Waals surface area (Å²) in [5.74, 6) is 1.90. The molecule has 0 spiro atoms. The van der Waals surface area contributed by atoms with E-state index in [4.69, 9.17) is 4.84 Å². The highest BCUT2D eigenvalue weighted by Crippen LogP contribution is 2.42. The number of oxime groups is 1. The lowest BCUT2D eigenvalue weighted by molar-refractivity contribution is 0.212. The van der Waals surface area contributed by atoms with E-state index in [1.54, 1.807) is 7.11 Å². The first-order valence-corrected chi connectivity index (χ1v) is 4.49. The van der Waals surface area contributed by atoms with Crippen molar-refractivity contribution in [2.75, 3.05) is 7.11 Å². The Balaban J connectivity index is 1.99. The van der Waals surface area contributed by atoms with E-state index >= 15 is 0 Å². The summed E-state index contributed by atoms with van der Waals surface area (Å²) in [7, 11) is 1.64. The van der Waals surface area contributed by atoms with Gasteiger partial charge in [-0.2, -0.15) is 0 Å². The van der Waals surface area contributed by atoms with Gasteiger partial charge in [-0.1, -0.05) is 11.6 Å². The molecule has 0 aliphatic heterocycles. The smallest absolute Gasteiger partial charge is 0.106 e. The summed E-state index contributed by atoms with van der Waals surface area (Å²) < 4.78 is 0. The molecule has 0 aromatic carbocycles. The normalized spacial score (nSPS) is 39.5. The monoisotopic (exact) mass is 153 g/mol. The van der Waals surface area contributed by atoms with Crippen LogP contribution in [0.1, 0.15) is 32.1 Å². The first kappa shape index (κ1) is 7.14. The highest BCUT2D eigenvalue weighted by molar-refractivity contribution is 5.86. The Kier molecular flexibility index (Phi) is 1.84. The summed E-state index contributed by atoms with van der Waals surface area (Å²) in [6.07, 6.45) is 6.70. The lowest BCUT2D eigenvalue weighted by atomic mass is 10.0. The van der Waals surface area contributed by atoms with E-state index in [-0.39, 0.29) is 0 Å².